The van der Waals surface area contributed by atoms with Gasteiger partial charge in [0.2, 0.25) is 0 Å². The third-order valence-electron chi connectivity index (χ3n) is 3.32. The van der Waals surface area contributed by atoms with E-state index in [4.69, 9.17) is 10.1 Å². The molecule has 3 heteroatoms. The molecule has 0 aromatic heterocycles. The van der Waals surface area contributed by atoms with Crippen LogP contribution in [0, 0.1) is 12.3 Å². The molecule has 0 saturated heterocycles. The monoisotopic (exact) mass is 252 g/mol. The Hall–Kier alpha value is -2.29. The zero-order valence-electron chi connectivity index (χ0n) is 10.9. The molecule has 0 amide bonds. The second-order valence-electron chi connectivity index (χ2n) is 4.68. The maximum absolute atomic E-state index is 8.40. The number of nitrogens with one attached hydrogen (secondary N) is 1. The Labute approximate surface area is 113 Å². The first-order valence-electron chi connectivity index (χ1n) is 6.40. The number of anilines is 1. The Morgan fingerprint density at radius 1 is 1.11 bits per heavy atom. The molecule has 0 aliphatic carbocycles. The highest BCUT2D eigenvalue weighted by atomic mass is 16.5. The number of benzene rings is 2. The molecule has 0 radical (unpaired) electrons. The second-order valence-corrected chi connectivity index (χ2v) is 4.68. The Bertz CT molecular complexity index is 604. The zero-order chi connectivity index (χ0) is 13.2. The predicted octanol–water partition coefficient (Wildman–Crippen LogP) is 3.22. The van der Waals surface area contributed by atoms with Crippen LogP contribution in [0.5, 0.6) is 5.75 Å². The first kappa shape index (κ1) is 11.8. The van der Waals surface area contributed by atoms with Gasteiger partial charge in [0.05, 0.1) is 12.2 Å². The zero-order valence-corrected chi connectivity index (χ0v) is 10.9. The van der Waals surface area contributed by atoms with E-state index < -0.39 is 0 Å². The van der Waals surface area contributed by atoms with E-state index in [2.05, 4.69) is 6.92 Å². The summed E-state index contributed by atoms with van der Waals surface area (Å²) in [6.45, 7) is 3.38. The van der Waals surface area contributed by atoms with Crippen molar-refractivity contribution >= 4 is 11.5 Å². The minimum atomic E-state index is 0.524. The summed E-state index contributed by atoms with van der Waals surface area (Å²) in [4.78, 5) is 2.00. The molecular weight excluding hydrogens is 236 g/mol. The first-order valence-corrected chi connectivity index (χ1v) is 6.40. The number of fused-ring (bicyclic) bond motifs is 1. The molecular formula is C16H16N2O. The van der Waals surface area contributed by atoms with Crippen molar-refractivity contribution in [1.82, 2.24) is 0 Å². The van der Waals surface area contributed by atoms with Crippen LogP contribution in [0.2, 0.25) is 0 Å². The van der Waals surface area contributed by atoms with Crippen molar-refractivity contribution in [2.24, 2.45) is 0 Å². The molecule has 3 rings (SSSR count). The molecule has 1 heterocycles. The van der Waals surface area contributed by atoms with E-state index in [1.807, 2.05) is 53.4 Å². The van der Waals surface area contributed by atoms with Gasteiger partial charge in [0.25, 0.3) is 0 Å². The van der Waals surface area contributed by atoms with E-state index >= 15 is 0 Å². The van der Waals surface area contributed by atoms with Gasteiger partial charge >= 0.3 is 0 Å². The number of rotatable bonds is 1. The molecule has 96 valence electrons. The fraction of sp³-hybridized carbons (Fsp3) is 0.188. The quantitative estimate of drug-likeness (QED) is 0.625. The van der Waals surface area contributed by atoms with Crippen molar-refractivity contribution < 1.29 is 4.74 Å². The number of hydrogen-bond donors (Lipinski definition) is 1. The van der Waals surface area contributed by atoms with E-state index in [0.29, 0.717) is 19.0 Å². The largest absolute Gasteiger partial charge is 0.490 e. The maximum Gasteiger partial charge on any atom is 0.143 e. The van der Waals surface area contributed by atoms with E-state index in [-0.39, 0.29) is 0 Å². The minimum Gasteiger partial charge on any atom is -0.490 e. The lowest BCUT2D eigenvalue weighted by Gasteiger charge is -2.31. The summed E-state index contributed by atoms with van der Waals surface area (Å²) >= 11 is 0. The third kappa shape index (κ3) is 2.19. The van der Waals surface area contributed by atoms with Crippen molar-refractivity contribution in [3.63, 3.8) is 0 Å². The number of hydrogen-bond acceptors (Lipinski definition) is 2. The molecule has 1 N–H and O–H groups in total. The first-order chi connectivity index (χ1) is 9.25. The van der Waals surface area contributed by atoms with Gasteiger partial charge in [-0.3, -0.25) is 5.41 Å². The van der Waals surface area contributed by atoms with Crippen LogP contribution in [0.15, 0.2) is 48.5 Å². The highest BCUT2D eigenvalue weighted by molar-refractivity contribution is 6.08. The average molecular weight is 252 g/mol. The molecule has 0 atom stereocenters. The lowest BCUT2D eigenvalue weighted by molar-refractivity contribution is 0.315. The van der Waals surface area contributed by atoms with Gasteiger partial charge in [0.15, 0.2) is 0 Å². The van der Waals surface area contributed by atoms with Crippen LogP contribution in [0.3, 0.4) is 0 Å². The summed E-state index contributed by atoms with van der Waals surface area (Å²) in [5, 5.41) is 8.40. The number of nitrogens with zero attached hydrogens (tertiary/aromatic N) is 1. The van der Waals surface area contributed by atoms with Gasteiger partial charge in [0.1, 0.15) is 18.2 Å². The second kappa shape index (κ2) is 4.76. The SMILES string of the molecule is Cc1ccc(C(=N)N2CCOc3ccccc32)cc1. The standard InChI is InChI=1S/C16H16N2O/c1-12-6-8-13(9-7-12)16(17)18-10-11-19-15-5-3-2-4-14(15)18/h2-9,17H,10-11H2,1H3. The molecule has 0 saturated carbocycles. The topological polar surface area (TPSA) is 36.3 Å². The molecule has 0 bridgehead atoms. The molecule has 2 aromatic rings. The Balaban J connectivity index is 1.95. The van der Waals surface area contributed by atoms with Gasteiger partial charge in [-0.2, -0.15) is 0 Å². The molecule has 3 nitrogen and oxygen atoms in total. The van der Waals surface area contributed by atoms with Gasteiger partial charge in [-0.05, 0) is 19.1 Å². The Morgan fingerprint density at radius 2 is 1.84 bits per heavy atom. The molecule has 2 aromatic carbocycles. The summed E-state index contributed by atoms with van der Waals surface area (Å²) in [7, 11) is 0. The van der Waals surface area contributed by atoms with Gasteiger partial charge in [-0.15, -0.1) is 0 Å². The molecule has 1 aliphatic rings. The highest BCUT2D eigenvalue weighted by Gasteiger charge is 2.21. The number of aryl methyl sites for hydroxylation is 1. The van der Waals surface area contributed by atoms with E-state index in [1.165, 1.54) is 5.56 Å². The van der Waals surface area contributed by atoms with Crippen LogP contribution >= 0.6 is 0 Å². The predicted molar refractivity (Wildman–Crippen MR) is 77.3 cm³/mol. The maximum atomic E-state index is 8.40. The third-order valence-corrected chi connectivity index (χ3v) is 3.32. The lowest BCUT2D eigenvalue weighted by atomic mass is 10.1. The van der Waals surface area contributed by atoms with E-state index in [0.717, 1.165) is 17.0 Å². The normalized spacial score (nSPS) is 13.6. The summed E-state index contributed by atoms with van der Waals surface area (Å²) in [5.74, 6) is 1.38. The molecule has 1 aliphatic heterocycles. The van der Waals surface area contributed by atoms with Crippen LogP contribution < -0.4 is 9.64 Å². The van der Waals surface area contributed by atoms with Crippen molar-refractivity contribution in [1.29, 1.82) is 5.41 Å². The van der Waals surface area contributed by atoms with E-state index in [1.54, 1.807) is 0 Å². The van der Waals surface area contributed by atoms with Crippen molar-refractivity contribution in [2.75, 3.05) is 18.1 Å². The number of para-hydroxylation sites is 2. The number of ether oxygens (including phenoxy) is 1. The fourth-order valence-corrected chi connectivity index (χ4v) is 2.27. The molecule has 0 unspecified atom stereocenters. The smallest absolute Gasteiger partial charge is 0.143 e. The summed E-state index contributed by atoms with van der Waals surface area (Å²) in [6, 6.07) is 15.9. The molecule has 0 spiro atoms. The molecule has 0 fully saturated rings. The minimum absolute atomic E-state index is 0.524. The van der Waals surface area contributed by atoms with Crippen LogP contribution in [0.4, 0.5) is 5.69 Å². The van der Waals surface area contributed by atoms with Gasteiger partial charge in [-0.25, -0.2) is 0 Å². The van der Waals surface area contributed by atoms with E-state index in [9.17, 15) is 0 Å². The van der Waals surface area contributed by atoms with Crippen LogP contribution in [-0.4, -0.2) is 19.0 Å². The summed E-state index contributed by atoms with van der Waals surface area (Å²) < 4.78 is 5.62. The summed E-state index contributed by atoms with van der Waals surface area (Å²) in [5.41, 5.74) is 3.11. The fourth-order valence-electron chi connectivity index (χ4n) is 2.27. The molecule has 19 heavy (non-hydrogen) atoms. The van der Waals surface area contributed by atoms with Gasteiger partial charge < -0.3 is 9.64 Å². The van der Waals surface area contributed by atoms with Crippen LogP contribution in [0.25, 0.3) is 0 Å². The number of amidine groups is 1. The van der Waals surface area contributed by atoms with Crippen LogP contribution in [0.1, 0.15) is 11.1 Å². The van der Waals surface area contributed by atoms with Crippen molar-refractivity contribution in [2.45, 2.75) is 6.92 Å². The van der Waals surface area contributed by atoms with Gasteiger partial charge in [0, 0.05) is 5.56 Å². The van der Waals surface area contributed by atoms with Crippen LogP contribution in [-0.2, 0) is 0 Å². The Morgan fingerprint density at radius 3 is 2.63 bits per heavy atom. The van der Waals surface area contributed by atoms with Gasteiger partial charge in [-0.1, -0.05) is 42.0 Å². The summed E-state index contributed by atoms with van der Waals surface area (Å²) in [6.07, 6.45) is 0. The van der Waals surface area contributed by atoms with Crippen molar-refractivity contribution in [3.8, 4) is 5.75 Å². The average Bonchev–Trinajstić information content (AvgIpc) is 2.47. The lowest BCUT2D eigenvalue weighted by Crippen LogP contribution is -2.37. The Kier molecular flexibility index (Phi) is 2.95. The van der Waals surface area contributed by atoms with Crippen molar-refractivity contribution in [3.05, 3.63) is 59.7 Å². The highest BCUT2D eigenvalue weighted by Crippen LogP contribution is 2.31.